The predicted molar refractivity (Wildman–Crippen MR) is 103 cm³/mol. The van der Waals surface area contributed by atoms with Crippen molar-refractivity contribution in [2.45, 2.75) is 6.92 Å². The van der Waals surface area contributed by atoms with Gasteiger partial charge in [-0.15, -0.1) is 0 Å². The number of pyridine rings is 1. The number of halogens is 4. The molecule has 0 aliphatic carbocycles. The Bertz CT molecular complexity index is 994. The fraction of sp³-hybridized carbons (Fsp3) is 0.118. The molecule has 0 N–H and O–H groups in total. The van der Waals surface area contributed by atoms with E-state index in [-0.39, 0.29) is 17.3 Å². The molecule has 0 radical (unpaired) electrons. The number of carbonyl (C=O) groups excluding carboxylic acids is 1. The van der Waals surface area contributed by atoms with Crippen molar-refractivity contribution >= 4 is 49.4 Å². The summed E-state index contributed by atoms with van der Waals surface area (Å²) in [6.07, 6.45) is 1.61. The standard InChI is InChI=1S/C17H11Br2ClFN3O2/c1-2-26-16(25)14-15(9-3-4-12(21)11(20)7-9)24(17(19)23-14)13-8-10(18)5-6-22-13/h3-8H,2H2,1H3. The summed E-state index contributed by atoms with van der Waals surface area (Å²) in [6, 6.07) is 7.71. The Kier molecular flexibility index (Phi) is 5.74. The first-order valence-electron chi connectivity index (χ1n) is 7.45. The molecule has 26 heavy (non-hydrogen) atoms. The third-order valence-corrected chi connectivity index (χ3v) is 4.75. The van der Waals surface area contributed by atoms with E-state index in [1.165, 1.54) is 18.2 Å². The molecule has 0 aliphatic heterocycles. The highest BCUT2D eigenvalue weighted by molar-refractivity contribution is 9.10. The van der Waals surface area contributed by atoms with Gasteiger partial charge in [0.1, 0.15) is 11.6 Å². The lowest BCUT2D eigenvalue weighted by Crippen LogP contribution is -2.08. The van der Waals surface area contributed by atoms with Gasteiger partial charge >= 0.3 is 5.97 Å². The van der Waals surface area contributed by atoms with Crippen molar-refractivity contribution in [2.24, 2.45) is 0 Å². The van der Waals surface area contributed by atoms with Crippen molar-refractivity contribution in [2.75, 3.05) is 6.61 Å². The van der Waals surface area contributed by atoms with E-state index in [0.717, 1.165) is 4.47 Å². The Morgan fingerprint density at radius 1 is 1.31 bits per heavy atom. The zero-order chi connectivity index (χ0) is 18.8. The van der Waals surface area contributed by atoms with Crippen LogP contribution in [-0.4, -0.2) is 27.1 Å². The SMILES string of the molecule is CCOC(=O)c1nc(Br)n(-c2cc(Br)ccn2)c1-c1ccc(F)c(Cl)c1. The maximum atomic E-state index is 13.6. The number of aromatic nitrogens is 3. The van der Waals surface area contributed by atoms with Gasteiger partial charge in [-0.3, -0.25) is 4.57 Å². The van der Waals surface area contributed by atoms with Gasteiger partial charge in [0.2, 0.25) is 0 Å². The van der Waals surface area contributed by atoms with E-state index in [1.54, 1.807) is 29.8 Å². The molecule has 2 heterocycles. The zero-order valence-electron chi connectivity index (χ0n) is 13.3. The zero-order valence-corrected chi connectivity index (χ0v) is 17.3. The third kappa shape index (κ3) is 3.67. The number of ether oxygens (including phenoxy) is 1. The highest BCUT2D eigenvalue weighted by Crippen LogP contribution is 2.33. The van der Waals surface area contributed by atoms with Crippen LogP contribution in [0.2, 0.25) is 5.02 Å². The first-order valence-corrected chi connectivity index (χ1v) is 9.41. The molecule has 0 saturated carbocycles. The van der Waals surface area contributed by atoms with Gasteiger partial charge < -0.3 is 4.74 Å². The second-order valence-corrected chi connectivity index (χ2v) is 7.13. The van der Waals surface area contributed by atoms with Gasteiger partial charge in [0.15, 0.2) is 10.4 Å². The number of hydrogen-bond acceptors (Lipinski definition) is 4. The van der Waals surface area contributed by atoms with Gasteiger partial charge in [-0.1, -0.05) is 27.5 Å². The maximum Gasteiger partial charge on any atom is 0.359 e. The van der Waals surface area contributed by atoms with Crippen LogP contribution in [0.3, 0.4) is 0 Å². The molecule has 0 spiro atoms. The summed E-state index contributed by atoms with van der Waals surface area (Å²) in [5.74, 6) is -0.652. The Labute approximate surface area is 170 Å². The van der Waals surface area contributed by atoms with E-state index in [4.69, 9.17) is 16.3 Å². The highest BCUT2D eigenvalue weighted by Gasteiger charge is 2.25. The average molecular weight is 504 g/mol. The fourth-order valence-electron chi connectivity index (χ4n) is 2.37. The van der Waals surface area contributed by atoms with Gasteiger partial charge in [0.25, 0.3) is 0 Å². The number of imidazole rings is 1. The van der Waals surface area contributed by atoms with Crippen LogP contribution >= 0.6 is 43.5 Å². The largest absolute Gasteiger partial charge is 0.461 e. The van der Waals surface area contributed by atoms with Gasteiger partial charge in [0, 0.05) is 16.2 Å². The minimum atomic E-state index is -0.600. The summed E-state index contributed by atoms with van der Waals surface area (Å²) >= 11 is 12.7. The molecule has 0 aliphatic rings. The molecule has 0 fully saturated rings. The highest BCUT2D eigenvalue weighted by atomic mass is 79.9. The smallest absolute Gasteiger partial charge is 0.359 e. The van der Waals surface area contributed by atoms with Gasteiger partial charge in [-0.2, -0.15) is 0 Å². The molecule has 3 rings (SSSR count). The first-order chi connectivity index (χ1) is 12.4. The molecular formula is C17H11Br2ClFN3O2. The van der Waals surface area contributed by atoms with Crippen molar-refractivity contribution in [1.82, 2.24) is 14.5 Å². The van der Waals surface area contributed by atoms with Crippen LogP contribution < -0.4 is 0 Å². The monoisotopic (exact) mass is 501 g/mol. The van der Waals surface area contributed by atoms with Crippen LogP contribution in [0.25, 0.3) is 17.1 Å². The number of esters is 1. The first kappa shape index (κ1) is 19.0. The van der Waals surface area contributed by atoms with Crippen molar-refractivity contribution in [1.29, 1.82) is 0 Å². The van der Waals surface area contributed by atoms with Crippen molar-refractivity contribution in [3.63, 3.8) is 0 Å². The summed E-state index contributed by atoms with van der Waals surface area (Å²) in [7, 11) is 0. The summed E-state index contributed by atoms with van der Waals surface area (Å²) in [5, 5.41) is -0.0663. The summed E-state index contributed by atoms with van der Waals surface area (Å²) in [4.78, 5) is 21.0. The fourth-order valence-corrected chi connectivity index (χ4v) is 3.41. The van der Waals surface area contributed by atoms with Gasteiger partial charge in [-0.25, -0.2) is 19.2 Å². The second kappa shape index (κ2) is 7.85. The average Bonchev–Trinajstić information content (AvgIpc) is 2.95. The van der Waals surface area contributed by atoms with E-state index in [2.05, 4.69) is 41.8 Å². The van der Waals surface area contributed by atoms with Crippen LogP contribution in [0.5, 0.6) is 0 Å². The molecule has 3 aromatic rings. The molecule has 0 saturated heterocycles. The van der Waals surface area contributed by atoms with Crippen molar-refractivity contribution in [3.05, 3.63) is 62.3 Å². The molecule has 0 unspecified atom stereocenters. The van der Waals surface area contributed by atoms with E-state index in [9.17, 15) is 9.18 Å². The molecule has 5 nitrogen and oxygen atoms in total. The third-order valence-electron chi connectivity index (χ3n) is 3.43. The molecule has 0 atom stereocenters. The summed E-state index contributed by atoms with van der Waals surface area (Å²) < 4.78 is 21.5. The Morgan fingerprint density at radius 2 is 2.08 bits per heavy atom. The molecule has 0 bridgehead atoms. The molecule has 2 aromatic heterocycles. The van der Waals surface area contributed by atoms with Crippen molar-refractivity contribution in [3.8, 4) is 17.1 Å². The lowest BCUT2D eigenvalue weighted by atomic mass is 10.1. The van der Waals surface area contributed by atoms with Crippen LogP contribution in [0.1, 0.15) is 17.4 Å². The number of rotatable bonds is 4. The van der Waals surface area contributed by atoms with Crippen molar-refractivity contribution < 1.29 is 13.9 Å². The molecule has 134 valence electrons. The molecule has 0 amide bonds. The Hall–Kier alpha value is -1.77. The van der Waals surface area contributed by atoms with E-state index >= 15 is 0 Å². The Morgan fingerprint density at radius 3 is 2.73 bits per heavy atom. The molecular weight excluding hydrogens is 492 g/mol. The van der Waals surface area contributed by atoms with Crippen LogP contribution in [-0.2, 0) is 4.74 Å². The van der Waals surface area contributed by atoms with Gasteiger partial charge in [0.05, 0.1) is 17.3 Å². The van der Waals surface area contributed by atoms with E-state index < -0.39 is 11.8 Å². The number of carbonyl (C=O) groups is 1. The number of nitrogens with zero attached hydrogens (tertiary/aromatic N) is 3. The minimum Gasteiger partial charge on any atom is -0.461 e. The normalized spacial score (nSPS) is 10.8. The lowest BCUT2D eigenvalue weighted by molar-refractivity contribution is 0.0521. The number of hydrogen-bond donors (Lipinski definition) is 0. The maximum absolute atomic E-state index is 13.6. The van der Waals surface area contributed by atoms with Crippen LogP contribution in [0.15, 0.2) is 45.7 Å². The number of benzene rings is 1. The minimum absolute atomic E-state index is 0.0663. The second-order valence-electron chi connectivity index (χ2n) is 5.10. The topological polar surface area (TPSA) is 57.0 Å². The van der Waals surface area contributed by atoms with Gasteiger partial charge in [-0.05, 0) is 53.2 Å². The quantitative estimate of drug-likeness (QED) is 0.446. The predicted octanol–water partition coefficient (Wildman–Crippen LogP) is 5.43. The lowest BCUT2D eigenvalue weighted by Gasteiger charge is -2.11. The Balaban J connectivity index is 2.30. The van der Waals surface area contributed by atoms with Crippen LogP contribution in [0, 0.1) is 5.82 Å². The molecule has 9 heteroatoms. The summed E-state index contributed by atoms with van der Waals surface area (Å²) in [6.45, 7) is 1.90. The summed E-state index contributed by atoms with van der Waals surface area (Å²) in [5.41, 5.74) is 0.963. The van der Waals surface area contributed by atoms with E-state index in [1.807, 2.05) is 0 Å². The molecule has 1 aromatic carbocycles. The van der Waals surface area contributed by atoms with E-state index in [0.29, 0.717) is 21.8 Å². The van der Waals surface area contributed by atoms with Crippen LogP contribution in [0.4, 0.5) is 4.39 Å².